The number of urea groups is 1. The lowest BCUT2D eigenvalue weighted by Crippen LogP contribution is -2.50. The van der Waals surface area contributed by atoms with Crippen molar-refractivity contribution < 1.29 is 4.79 Å². The molecule has 1 N–H and O–H groups in total. The van der Waals surface area contributed by atoms with E-state index in [-0.39, 0.29) is 6.03 Å². The molecule has 0 aromatic carbocycles. The maximum Gasteiger partial charge on any atom is 0.323 e. The van der Waals surface area contributed by atoms with Crippen molar-refractivity contribution in [2.75, 3.05) is 36.4 Å². The molecule has 1 aliphatic rings. The average Bonchev–Trinajstić information content (AvgIpc) is 3.10. The van der Waals surface area contributed by atoms with Gasteiger partial charge in [0.2, 0.25) is 0 Å². The Balaban J connectivity index is 1.57. The van der Waals surface area contributed by atoms with Crippen LogP contribution in [-0.2, 0) is 13.5 Å². The molecule has 3 heterocycles. The Bertz CT molecular complexity index is 710. The van der Waals surface area contributed by atoms with Crippen LogP contribution in [0.3, 0.4) is 0 Å². The number of amides is 2. The molecule has 1 aliphatic heterocycles. The smallest absolute Gasteiger partial charge is 0.323 e. The minimum Gasteiger partial charge on any atom is -0.345 e. The van der Waals surface area contributed by atoms with Gasteiger partial charge in [0, 0.05) is 44.2 Å². The Kier molecular flexibility index (Phi) is 4.75. The Hall–Kier alpha value is -2.09. The fourth-order valence-electron chi connectivity index (χ4n) is 2.70. The summed E-state index contributed by atoms with van der Waals surface area (Å²) < 4.78 is 1.72. The standard InChI is InChI=1S/C16H24N6OS/c1-5-13-10-14(20(4)19-13)18-15(23)21-6-8-22(9-7-21)16-17-11(2)12(3)24-16/h10H,5-9H2,1-4H3,(H,18,23). The van der Waals surface area contributed by atoms with Gasteiger partial charge in [0.25, 0.3) is 0 Å². The van der Waals surface area contributed by atoms with E-state index in [9.17, 15) is 4.79 Å². The highest BCUT2D eigenvalue weighted by Gasteiger charge is 2.23. The number of nitrogens with one attached hydrogen (secondary N) is 1. The van der Waals surface area contributed by atoms with E-state index in [1.807, 2.05) is 24.9 Å². The van der Waals surface area contributed by atoms with Crippen LogP contribution in [0.15, 0.2) is 6.07 Å². The molecule has 0 saturated carbocycles. The zero-order chi connectivity index (χ0) is 17.3. The predicted molar refractivity (Wildman–Crippen MR) is 97.0 cm³/mol. The van der Waals surface area contributed by atoms with Crippen LogP contribution in [-0.4, -0.2) is 51.9 Å². The molecule has 0 radical (unpaired) electrons. The van der Waals surface area contributed by atoms with Gasteiger partial charge in [-0.1, -0.05) is 6.92 Å². The van der Waals surface area contributed by atoms with E-state index >= 15 is 0 Å². The van der Waals surface area contributed by atoms with Crippen molar-refractivity contribution in [1.82, 2.24) is 19.7 Å². The predicted octanol–water partition coefficient (Wildman–Crippen LogP) is 2.41. The molecule has 24 heavy (non-hydrogen) atoms. The summed E-state index contributed by atoms with van der Waals surface area (Å²) in [5.41, 5.74) is 2.07. The molecule has 2 aromatic heterocycles. The summed E-state index contributed by atoms with van der Waals surface area (Å²) in [5, 5.41) is 8.38. The summed E-state index contributed by atoms with van der Waals surface area (Å²) in [4.78, 5) is 22.4. The second-order valence-electron chi connectivity index (χ2n) is 6.04. The van der Waals surface area contributed by atoms with Crippen molar-refractivity contribution in [1.29, 1.82) is 0 Å². The highest BCUT2D eigenvalue weighted by atomic mass is 32.1. The monoisotopic (exact) mass is 348 g/mol. The average molecular weight is 348 g/mol. The number of nitrogens with zero attached hydrogens (tertiary/aromatic N) is 5. The molecule has 0 aliphatic carbocycles. The fourth-order valence-corrected chi connectivity index (χ4v) is 3.66. The van der Waals surface area contributed by atoms with Gasteiger partial charge in [-0.3, -0.25) is 10.00 Å². The first-order valence-corrected chi connectivity index (χ1v) is 9.07. The number of thiazole rings is 1. The maximum absolute atomic E-state index is 12.5. The van der Waals surface area contributed by atoms with E-state index in [4.69, 9.17) is 0 Å². The highest BCUT2D eigenvalue weighted by Crippen LogP contribution is 2.26. The first kappa shape index (κ1) is 16.8. The third-order valence-corrected chi connectivity index (χ3v) is 5.52. The molecule has 3 rings (SSSR count). The molecule has 2 aromatic rings. The summed E-state index contributed by atoms with van der Waals surface area (Å²) in [6, 6.07) is 1.86. The van der Waals surface area contributed by atoms with Crippen LogP contribution in [0.4, 0.5) is 15.7 Å². The van der Waals surface area contributed by atoms with Crippen LogP contribution in [0, 0.1) is 13.8 Å². The zero-order valence-corrected chi connectivity index (χ0v) is 15.5. The van der Waals surface area contributed by atoms with Crippen LogP contribution in [0.1, 0.15) is 23.2 Å². The Morgan fingerprint density at radius 3 is 2.54 bits per heavy atom. The molecule has 2 amide bonds. The summed E-state index contributed by atoms with van der Waals surface area (Å²) in [7, 11) is 1.85. The van der Waals surface area contributed by atoms with Gasteiger partial charge >= 0.3 is 6.03 Å². The number of hydrogen-bond donors (Lipinski definition) is 1. The van der Waals surface area contributed by atoms with Gasteiger partial charge in [-0.05, 0) is 20.3 Å². The van der Waals surface area contributed by atoms with Crippen LogP contribution in [0.5, 0.6) is 0 Å². The largest absolute Gasteiger partial charge is 0.345 e. The van der Waals surface area contributed by atoms with E-state index in [2.05, 4.69) is 34.1 Å². The second-order valence-corrected chi connectivity index (χ2v) is 7.22. The number of aromatic nitrogens is 3. The summed E-state index contributed by atoms with van der Waals surface area (Å²) >= 11 is 1.72. The molecule has 0 spiro atoms. The lowest BCUT2D eigenvalue weighted by atomic mass is 10.3. The van der Waals surface area contributed by atoms with E-state index in [1.54, 1.807) is 16.0 Å². The third kappa shape index (κ3) is 3.38. The summed E-state index contributed by atoms with van der Waals surface area (Å²) in [6.45, 7) is 9.20. The molecule has 130 valence electrons. The number of hydrogen-bond acceptors (Lipinski definition) is 5. The molecule has 1 saturated heterocycles. The summed E-state index contributed by atoms with van der Waals surface area (Å²) in [6.07, 6.45) is 0.856. The van der Waals surface area contributed by atoms with Crippen molar-refractivity contribution in [3.05, 3.63) is 22.3 Å². The molecular weight excluding hydrogens is 324 g/mol. The molecule has 0 bridgehead atoms. The Labute approximate surface area is 146 Å². The van der Waals surface area contributed by atoms with Crippen LogP contribution < -0.4 is 10.2 Å². The number of anilines is 2. The molecule has 1 fully saturated rings. The molecule has 0 atom stereocenters. The fraction of sp³-hybridized carbons (Fsp3) is 0.562. The van der Waals surface area contributed by atoms with Gasteiger partial charge in [-0.15, -0.1) is 11.3 Å². The van der Waals surface area contributed by atoms with Gasteiger partial charge < -0.3 is 9.80 Å². The number of aryl methyl sites for hydroxylation is 4. The normalized spacial score (nSPS) is 15.0. The van der Waals surface area contributed by atoms with Gasteiger partial charge in [-0.2, -0.15) is 5.10 Å². The number of carbonyl (C=O) groups excluding carboxylic acids is 1. The van der Waals surface area contributed by atoms with E-state index < -0.39 is 0 Å². The first-order chi connectivity index (χ1) is 11.5. The lowest BCUT2D eigenvalue weighted by molar-refractivity contribution is 0.208. The Morgan fingerprint density at radius 2 is 2.00 bits per heavy atom. The molecule has 7 nitrogen and oxygen atoms in total. The van der Waals surface area contributed by atoms with Gasteiger partial charge in [0.1, 0.15) is 5.82 Å². The van der Waals surface area contributed by atoms with Crippen LogP contribution >= 0.6 is 11.3 Å². The quantitative estimate of drug-likeness (QED) is 0.925. The van der Waals surface area contributed by atoms with Crippen molar-refractivity contribution >= 4 is 28.3 Å². The van der Waals surface area contributed by atoms with Crippen molar-refractivity contribution in [2.24, 2.45) is 7.05 Å². The van der Waals surface area contributed by atoms with Crippen LogP contribution in [0.2, 0.25) is 0 Å². The van der Waals surface area contributed by atoms with Gasteiger partial charge in [-0.25, -0.2) is 9.78 Å². The first-order valence-electron chi connectivity index (χ1n) is 8.25. The number of piperazine rings is 1. The van der Waals surface area contributed by atoms with E-state index in [0.717, 1.165) is 41.8 Å². The molecular formula is C16H24N6OS. The number of carbonyl (C=O) groups is 1. The highest BCUT2D eigenvalue weighted by molar-refractivity contribution is 7.15. The number of rotatable bonds is 3. The topological polar surface area (TPSA) is 66.3 Å². The minimum absolute atomic E-state index is 0.0631. The zero-order valence-electron chi connectivity index (χ0n) is 14.7. The molecule has 8 heteroatoms. The minimum atomic E-state index is -0.0631. The lowest BCUT2D eigenvalue weighted by Gasteiger charge is -2.34. The Morgan fingerprint density at radius 1 is 1.29 bits per heavy atom. The van der Waals surface area contributed by atoms with Crippen molar-refractivity contribution in [3.63, 3.8) is 0 Å². The maximum atomic E-state index is 12.5. The van der Waals surface area contributed by atoms with Crippen molar-refractivity contribution in [2.45, 2.75) is 27.2 Å². The van der Waals surface area contributed by atoms with Crippen LogP contribution in [0.25, 0.3) is 0 Å². The summed E-state index contributed by atoms with van der Waals surface area (Å²) in [5.74, 6) is 0.741. The van der Waals surface area contributed by atoms with E-state index in [1.165, 1.54) is 4.88 Å². The van der Waals surface area contributed by atoms with Gasteiger partial charge in [0.05, 0.1) is 11.4 Å². The van der Waals surface area contributed by atoms with E-state index in [0.29, 0.717) is 13.1 Å². The second kappa shape index (κ2) is 6.80. The van der Waals surface area contributed by atoms with Gasteiger partial charge in [0.15, 0.2) is 5.13 Å². The van der Waals surface area contributed by atoms with Crippen molar-refractivity contribution in [3.8, 4) is 0 Å². The molecule has 0 unspecified atom stereocenters. The SMILES string of the molecule is CCc1cc(NC(=O)N2CCN(c3nc(C)c(C)s3)CC2)n(C)n1. The third-order valence-electron chi connectivity index (χ3n) is 4.38.